The van der Waals surface area contributed by atoms with E-state index in [9.17, 15) is 18.0 Å². The van der Waals surface area contributed by atoms with Gasteiger partial charge in [0.15, 0.2) is 0 Å². The fourth-order valence-corrected chi connectivity index (χ4v) is 3.80. The second-order valence-electron chi connectivity index (χ2n) is 8.09. The SMILES string of the molecule is O=C(c1cnc(NCc2cc(OC(F)(F)F)cc(C3CC3)c2)nc1)N1CCCCCC1.[HH]. The van der Waals surface area contributed by atoms with Crippen molar-refractivity contribution in [3.63, 3.8) is 0 Å². The number of aromatic nitrogens is 2. The highest BCUT2D eigenvalue weighted by Crippen LogP contribution is 2.42. The summed E-state index contributed by atoms with van der Waals surface area (Å²) in [5.41, 5.74) is 1.93. The Morgan fingerprint density at radius 2 is 1.77 bits per heavy atom. The molecule has 0 radical (unpaired) electrons. The quantitative estimate of drug-likeness (QED) is 0.680. The minimum atomic E-state index is -4.73. The Bertz CT molecular complexity index is 912. The first-order chi connectivity index (χ1) is 14.9. The summed E-state index contributed by atoms with van der Waals surface area (Å²) >= 11 is 0. The summed E-state index contributed by atoms with van der Waals surface area (Å²) in [5.74, 6) is 0.311. The van der Waals surface area contributed by atoms with E-state index < -0.39 is 6.36 Å². The van der Waals surface area contributed by atoms with Crippen molar-refractivity contribution in [2.75, 3.05) is 18.4 Å². The van der Waals surface area contributed by atoms with Crippen LogP contribution in [0.5, 0.6) is 5.75 Å². The molecule has 1 aliphatic carbocycles. The third-order valence-corrected chi connectivity index (χ3v) is 5.51. The largest absolute Gasteiger partial charge is 0.573 e. The zero-order valence-electron chi connectivity index (χ0n) is 17.1. The van der Waals surface area contributed by atoms with Crippen LogP contribution in [0.4, 0.5) is 19.1 Å². The standard InChI is InChI=1S/C22H25F3N4O2.H2/c23-22(24,25)31-19-10-15(9-17(11-19)16-5-6-16)12-26-21-27-13-18(14-28-21)20(30)29-7-3-1-2-4-8-29;/h9-11,13-14,16H,1-8,12H2,(H,26,27,28);1H. The van der Waals surface area contributed by atoms with Gasteiger partial charge in [-0.15, -0.1) is 13.2 Å². The lowest BCUT2D eigenvalue weighted by Crippen LogP contribution is -2.32. The fraction of sp³-hybridized carbons (Fsp3) is 0.500. The average Bonchev–Trinajstić information content (AvgIpc) is 3.58. The smallest absolute Gasteiger partial charge is 0.406 e. The first-order valence-corrected chi connectivity index (χ1v) is 10.6. The molecule has 0 spiro atoms. The van der Waals surface area contributed by atoms with Crippen LogP contribution in [0.2, 0.25) is 0 Å². The number of halogens is 3. The number of rotatable bonds is 6. The molecule has 2 aromatic rings. The van der Waals surface area contributed by atoms with E-state index in [0.29, 0.717) is 17.1 Å². The van der Waals surface area contributed by atoms with Crippen LogP contribution in [0.15, 0.2) is 30.6 Å². The molecule has 1 saturated carbocycles. The van der Waals surface area contributed by atoms with Crippen LogP contribution in [-0.2, 0) is 6.54 Å². The zero-order chi connectivity index (χ0) is 21.8. The van der Waals surface area contributed by atoms with Gasteiger partial charge in [0.25, 0.3) is 5.91 Å². The molecule has 31 heavy (non-hydrogen) atoms. The maximum atomic E-state index is 12.6. The number of likely N-dealkylation sites (tertiary alicyclic amines) is 1. The van der Waals surface area contributed by atoms with Gasteiger partial charge < -0.3 is 15.0 Å². The number of carbonyl (C=O) groups excluding carboxylic acids is 1. The van der Waals surface area contributed by atoms with E-state index in [-0.39, 0.29) is 25.5 Å². The molecule has 1 aliphatic heterocycles. The third kappa shape index (κ3) is 6.08. The molecule has 1 aromatic heterocycles. The number of benzene rings is 1. The maximum Gasteiger partial charge on any atom is 0.573 e. The number of nitrogens with one attached hydrogen (secondary N) is 1. The van der Waals surface area contributed by atoms with Crippen molar-refractivity contribution in [3.8, 4) is 5.75 Å². The predicted octanol–water partition coefficient (Wildman–Crippen LogP) is 5.13. The molecule has 168 valence electrons. The van der Waals surface area contributed by atoms with E-state index in [4.69, 9.17) is 0 Å². The lowest BCUT2D eigenvalue weighted by Gasteiger charge is -2.20. The highest BCUT2D eigenvalue weighted by atomic mass is 19.4. The van der Waals surface area contributed by atoms with E-state index in [1.807, 2.05) is 11.0 Å². The molecule has 1 amide bonds. The minimum Gasteiger partial charge on any atom is -0.406 e. The third-order valence-electron chi connectivity index (χ3n) is 5.51. The monoisotopic (exact) mass is 436 g/mol. The van der Waals surface area contributed by atoms with E-state index in [0.717, 1.165) is 57.2 Å². The number of amides is 1. The van der Waals surface area contributed by atoms with Gasteiger partial charge >= 0.3 is 6.36 Å². The number of carbonyl (C=O) groups is 1. The summed E-state index contributed by atoms with van der Waals surface area (Å²) in [6.07, 6.45) is 4.48. The molecule has 2 aliphatic rings. The molecule has 0 bridgehead atoms. The Kier molecular flexibility index (Phi) is 6.29. The molecule has 1 N–H and O–H groups in total. The van der Waals surface area contributed by atoms with Crippen LogP contribution >= 0.6 is 0 Å². The van der Waals surface area contributed by atoms with Crippen molar-refractivity contribution in [3.05, 3.63) is 47.3 Å². The molecule has 9 heteroatoms. The van der Waals surface area contributed by atoms with Gasteiger partial charge in [-0.1, -0.05) is 18.9 Å². The molecule has 0 atom stereocenters. The highest BCUT2D eigenvalue weighted by Gasteiger charge is 2.32. The Morgan fingerprint density at radius 1 is 1.10 bits per heavy atom. The van der Waals surface area contributed by atoms with Crippen LogP contribution in [0, 0.1) is 0 Å². The Labute approximate surface area is 180 Å². The van der Waals surface area contributed by atoms with Gasteiger partial charge in [-0.25, -0.2) is 9.97 Å². The summed E-state index contributed by atoms with van der Waals surface area (Å²) in [4.78, 5) is 22.9. The first-order valence-electron chi connectivity index (χ1n) is 10.6. The van der Waals surface area contributed by atoms with Crippen LogP contribution in [-0.4, -0.2) is 40.2 Å². The molecule has 1 saturated heterocycles. The molecule has 0 unspecified atom stereocenters. The van der Waals surface area contributed by atoms with Gasteiger partial charge in [0, 0.05) is 33.5 Å². The van der Waals surface area contributed by atoms with Crippen molar-refractivity contribution in [2.45, 2.75) is 57.3 Å². The predicted molar refractivity (Wildman–Crippen MR) is 111 cm³/mol. The summed E-state index contributed by atoms with van der Waals surface area (Å²) in [7, 11) is 0. The molecule has 2 heterocycles. The first kappa shape index (κ1) is 21.4. The van der Waals surface area contributed by atoms with Crippen molar-refractivity contribution in [1.82, 2.24) is 14.9 Å². The summed E-state index contributed by atoms with van der Waals surface area (Å²) in [6, 6.07) is 4.70. The van der Waals surface area contributed by atoms with E-state index >= 15 is 0 Å². The summed E-state index contributed by atoms with van der Waals surface area (Å²) in [5, 5.41) is 3.01. The van der Waals surface area contributed by atoms with Crippen molar-refractivity contribution >= 4 is 11.9 Å². The maximum absolute atomic E-state index is 12.6. The molecule has 2 fully saturated rings. The number of nitrogens with zero attached hydrogens (tertiary/aromatic N) is 3. The Balaban J connectivity index is 0.00000289. The molecule has 4 rings (SSSR count). The Morgan fingerprint density at radius 3 is 2.39 bits per heavy atom. The summed E-state index contributed by atoms with van der Waals surface area (Å²) < 4.78 is 42.1. The van der Waals surface area contributed by atoms with Gasteiger partial charge in [-0.2, -0.15) is 0 Å². The van der Waals surface area contributed by atoms with E-state index in [1.54, 1.807) is 0 Å². The number of hydrogen-bond donors (Lipinski definition) is 1. The second kappa shape index (κ2) is 9.11. The fourth-order valence-electron chi connectivity index (χ4n) is 3.80. The number of hydrogen-bond acceptors (Lipinski definition) is 5. The van der Waals surface area contributed by atoms with Crippen molar-refractivity contribution < 1.29 is 24.1 Å². The molecular formula is C22H27F3N4O2. The van der Waals surface area contributed by atoms with Gasteiger partial charge in [-0.05, 0) is 54.9 Å². The number of alkyl halides is 3. The van der Waals surface area contributed by atoms with Gasteiger partial charge in [0.05, 0.1) is 5.56 Å². The highest BCUT2D eigenvalue weighted by molar-refractivity contribution is 5.93. The average molecular weight is 436 g/mol. The Hall–Kier alpha value is -2.84. The van der Waals surface area contributed by atoms with Crippen molar-refractivity contribution in [1.29, 1.82) is 0 Å². The second-order valence-corrected chi connectivity index (χ2v) is 8.09. The molecule has 1 aromatic carbocycles. The molecular weight excluding hydrogens is 409 g/mol. The topological polar surface area (TPSA) is 67.3 Å². The zero-order valence-corrected chi connectivity index (χ0v) is 17.1. The lowest BCUT2D eigenvalue weighted by atomic mass is 10.1. The normalized spacial score (nSPS) is 17.2. The molecule has 6 nitrogen and oxygen atoms in total. The number of ether oxygens (including phenoxy) is 1. The van der Waals surface area contributed by atoms with E-state index in [2.05, 4.69) is 20.0 Å². The lowest BCUT2D eigenvalue weighted by molar-refractivity contribution is -0.274. The minimum absolute atomic E-state index is 0. The van der Waals surface area contributed by atoms with Crippen LogP contribution in [0.3, 0.4) is 0 Å². The number of anilines is 1. The van der Waals surface area contributed by atoms with Gasteiger partial charge in [0.2, 0.25) is 5.95 Å². The summed E-state index contributed by atoms with van der Waals surface area (Å²) in [6.45, 7) is 1.74. The van der Waals surface area contributed by atoms with Gasteiger partial charge in [-0.3, -0.25) is 4.79 Å². The van der Waals surface area contributed by atoms with Crippen LogP contribution in [0.25, 0.3) is 0 Å². The van der Waals surface area contributed by atoms with Gasteiger partial charge in [0.1, 0.15) is 5.75 Å². The van der Waals surface area contributed by atoms with Crippen LogP contribution < -0.4 is 10.1 Å². The van der Waals surface area contributed by atoms with Crippen LogP contribution in [0.1, 0.15) is 67.4 Å². The van der Waals surface area contributed by atoms with Crippen molar-refractivity contribution in [2.24, 2.45) is 0 Å². The van der Waals surface area contributed by atoms with E-state index in [1.165, 1.54) is 24.5 Å².